The van der Waals surface area contributed by atoms with Gasteiger partial charge in [-0.25, -0.2) is 0 Å². The maximum Gasteiger partial charge on any atom is 0.303 e. The van der Waals surface area contributed by atoms with Gasteiger partial charge in [-0.1, -0.05) is 34.3 Å². The lowest BCUT2D eigenvalue weighted by molar-refractivity contribution is -0.161. The number of hydrogen-bond donors (Lipinski definition) is 1. The molecule has 1 aliphatic heterocycles. The molecular weight excluding hydrogens is 294 g/mol. The van der Waals surface area contributed by atoms with Crippen LogP contribution in [0.4, 0.5) is 0 Å². The van der Waals surface area contributed by atoms with E-state index in [1.165, 1.54) is 13.8 Å². The molecule has 23 heavy (non-hydrogen) atoms. The monoisotopic (exact) mass is 323 g/mol. The van der Waals surface area contributed by atoms with E-state index in [2.05, 4.69) is 31.5 Å². The van der Waals surface area contributed by atoms with E-state index in [4.69, 9.17) is 9.47 Å². The van der Waals surface area contributed by atoms with Crippen molar-refractivity contribution in [3.05, 3.63) is 18.4 Å². The van der Waals surface area contributed by atoms with Gasteiger partial charge in [0.15, 0.2) is 5.60 Å². The first-order valence-corrected chi connectivity index (χ1v) is 8.13. The molecule has 130 valence electrons. The Kier molecular flexibility index (Phi) is 6.60. The highest BCUT2D eigenvalue weighted by Gasteiger charge is 2.59. The van der Waals surface area contributed by atoms with E-state index < -0.39 is 17.6 Å². The molecule has 1 saturated heterocycles. The Labute approximate surface area is 139 Å². The zero-order chi connectivity index (χ0) is 17.8. The lowest BCUT2D eigenvalue weighted by atomic mass is 9.81. The number of hydrogen-bond acceptors (Lipinski definition) is 4. The zero-order valence-corrected chi connectivity index (χ0v) is 15.0. The molecule has 0 aromatic rings. The minimum absolute atomic E-state index is 0.0902. The number of esters is 1. The Morgan fingerprint density at radius 3 is 2.35 bits per heavy atom. The largest absolute Gasteiger partial charge is 0.449 e. The molecule has 4 atom stereocenters. The Hall–Kier alpha value is -1.58. The number of nitrogens with one attached hydrogen (secondary N) is 1. The molecule has 0 saturated carbocycles. The zero-order valence-electron chi connectivity index (χ0n) is 15.0. The fraction of sp³-hybridized carbons (Fsp3) is 0.722. The predicted octanol–water partition coefficient (Wildman–Crippen LogP) is 2.60. The summed E-state index contributed by atoms with van der Waals surface area (Å²) in [4.78, 5) is 23.5. The number of carbonyl (C=O) groups excluding carboxylic acids is 2. The summed E-state index contributed by atoms with van der Waals surface area (Å²) in [6.45, 7) is 14.6. The number of ether oxygens (including phenoxy) is 2. The van der Waals surface area contributed by atoms with Gasteiger partial charge in [-0.15, -0.1) is 5.73 Å². The smallest absolute Gasteiger partial charge is 0.303 e. The molecule has 1 fully saturated rings. The van der Waals surface area contributed by atoms with Gasteiger partial charge in [-0.2, -0.15) is 0 Å². The first-order chi connectivity index (χ1) is 10.6. The van der Waals surface area contributed by atoms with Gasteiger partial charge >= 0.3 is 5.97 Å². The molecule has 0 radical (unpaired) electrons. The Morgan fingerprint density at radius 2 is 1.96 bits per heavy atom. The Bertz CT molecular complexity index is 493. The third-order valence-corrected chi connectivity index (χ3v) is 3.94. The van der Waals surface area contributed by atoms with Crippen LogP contribution < -0.4 is 5.32 Å². The molecule has 0 aromatic heterocycles. The molecule has 0 unspecified atom stereocenters. The lowest BCUT2D eigenvalue weighted by Crippen LogP contribution is -2.58. The molecule has 5 heteroatoms. The third-order valence-electron chi connectivity index (χ3n) is 3.94. The van der Waals surface area contributed by atoms with Crippen LogP contribution in [0.3, 0.4) is 0 Å². The van der Waals surface area contributed by atoms with Gasteiger partial charge in [0.05, 0.1) is 6.10 Å². The second kappa shape index (κ2) is 7.80. The standard InChI is InChI=1S/C18H29NO4/c1-8-9-18(23-14(7)21)16(19-13(6)20)15(10-11(2)3)22-17(18)12(4)5/h9,11-12,15-17H,1,10H2,2-7H3,(H,19,20)/t15-,16+,17+,18-/m1/s1. The second-order valence-electron chi connectivity index (χ2n) is 6.94. The van der Waals surface area contributed by atoms with Crippen molar-refractivity contribution in [3.63, 3.8) is 0 Å². The van der Waals surface area contributed by atoms with Gasteiger partial charge in [0.25, 0.3) is 0 Å². The van der Waals surface area contributed by atoms with Gasteiger partial charge in [-0.05, 0) is 18.3 Å². The summed E-state index contributed by atoms with van der Waals surface area (Å²) in [5, 5.41) is 2.92. The summed E-state index contributed by atoms with van der Waals surface area (Å²) in [5.41, 5.74) is 1.64. The Balaban J connectivity index is 3.40. The summed E-state index contributed by atoms with van der Waals surface area (Å²) >= 11 is 0. The van der Waals surface area contributed by atoms with Crippen LogP contribution in [0.15, 0.2) is 18.4 Å². The third kappa shape index (κ3) is 4.46. The van der Waals surface area contributed by atoms with Crippen molar-refractivity contribution in [1.82, 2.24) is 5.32 Å². The molecule has 1 aliphatic rings. The van der Waals surface area contributed by atoms with Crippen LogP contribution in [-0.4, -0.2) is 35.7 Å². The van der Waals surface area contributed by atoms with Gasteiger partial charge in [-0.3, -0.25) is 9.59 Å². The van der Waals surface area contributed by atoms with E-state index >= 15 is 0 Å². The molecule has 0 bridgehead atoms. The minimum atomic E-state index is -1.09. The molecule has 0 spiro atoms. The average molecular weight is 323 g/mol. The molecule has 1 rings (SSSR count). The van der Waals surface area contributed by atoms with Crippen LogP contribution in [0.5, 0.6) is 0 Å². The molecule has 0 aliphatic carbocycles. The SMILES string of the molecule is C=C=C[C@]1(OC(C)=O)[C@H](C(C)C)O[C@H](CC(C)C)[C@@H]1NC(C)=O. The fourth-order valence-corrected chi connectivity index (χ4v) is 3.33. The summed E-state index contributed by atoms with van der Waals surface area (Å²) in [6.07, 6.45) is 1.76. The van der Waals surface area contributed by atoms with Crippen molar-refractivity contribution in [2.24, 2.45) is 11.8 Å². The first-order valence-electron chi connectivity index (χ1n) is 8.13. The fourth-order valence-electron chi connectivity index (χ4n) is 3.33. The van der Waals surface area contributed by atoms with Crippen molar-refractivity contribution < 1.29 is 19.1 Å². The minimum Gasteiger partial charge on any atom is -0.449 e. The van der Waals surface area contributed by atoms with Crippen LogP contribution in [0.25, 0.3) is 0 Å². The van der Waals surface area contributed by atoms with Crippen molar-refractivity contribution in [2.45, 2.75) is 71.8 Å². The number of carbonyl (C=O) groups is 2. The highest BCUT2D eigenvalue weighted by atomic mass is 16.6. The quantitative estimate of drug-likeness (QED) is 0.603. The molecule has 1 amide bonds. The van der Waals surface area contributed by atoms with Crippen LogP contribution in [0.1, 0.15) is 48.0 Å². The van der Waals surface area contributed by atoms with Gasteiger partial charge in [0.2, 0.25) is 5.91 Å². The van der Waals surface area contributed by atoms with E-state index in [1.807, 2.05) is 13.8 Å². The van der Waals surface area contributed by atoms with Gasteiger partial charge < -0.3 is 14.8 Å². The van der Waals surface area contributed by atoms with E-state index in [0.29, 0.717) is 5.92 Å². The Morgan fingerprint density at radius 1 is 1.35 bits per heavy atom. The highest BCUT2D eigenvalue weighted by Crippen LogP contribution is 2.41. The average Bonchev–Trinajstić information content (AvgIpc) is 2.63. The van der Waals surface area contributed by atoms with Crippen molar-refractivity contribution in [2.75, 3.05) is 0 Å². The first kappa shape index (κ1) is 19.5. The molecule has 0 aromatic carbocycles. The van der Waals surface area contributed by atoms with E-state index in [-0.39, 0.29) is 24.0 Å². The summed E-state index contributed by atoms with van der Waals surface area (Å²) in [5.74, 6) is -0.144. The van der Waals surface area contributed by atoms with Crippen LogP contribution in [0.2, 0.25) is 0 Å². The second-order valence-corrected chi connectivity index (χ2v) is 6.94. The molecular formula is C18H29NO4. The van der Waals surface area contributed by atoms with E-state index in [1.54, 1.807) is 6.08 Å². The van der Waals surface area contributed by atoms with Crippen LogP contribution in [-0.2, 0) is 19.1 Å². The molecule has 1 heterocycles. The van der Waals surface area contributed by atoms with Crippen LogP contribution >= 0.6 is 0 Å². The normalized spacial score (nSPS) is 30.2. The summed E-state index contributed by atoms with van der Waals surface area (Å²) in [7, 11) is 0. The van der Waals surface area contributed by atoms with E-state index in [9.17, 15) is 9.59 Å². The highest BCUT2D eigenvalue weighted by molar-refractivity contribution is 5.74. The maximum absolute atomic E-state index is 11.7. The number of rotatable bonds is 6. The van der Waals surface area contributed by atoms with Crippen molar-refractivity contribution >= 4 is 11.9 Å². The number of amides is 1. The van der Waals surface area contributed by atoms with Gasteiger partial charge in [0.1, 0.15) is 12.1 Å². The van der Waals surface area contributed by atoms with Crippen molar-refractivity contribution in [3.8, 4) is 0 Å². The van der Waals surface area contributed by atoms with E-state index in [0.717, 1.165) is 6.42 Å². The molecule has 5 nitrogen and oxygen atoms in total. The summed E-state index contributed by atoms with van der Waals surface area (Å²) in [6, 6.07) is -0.465. The van der Waals surface area contributed by atoms with Gasteiger partial charge in [0, 0.05) is 19.9 Å². The predicted molar refractivity (Wildman–Crippen MR) is 88.8 cm³/mol. The van der Waals surface area contributed by atoms with Crippen LogP contribution in [0, 0.1) is 11.8 Å². The molecule has 1 N–H and O–H groups in total. The van der Waals surface area contributed by atoms with Crippen molar-refractivity contribution in [1.29, 1.82) is 0 Å². The lowest BCUT2D eigenvalue weighted by Gasteiger charge is -2.36. The summed E-state index contributed by atoms with van der Waals surface area (Å²) < 4.78 is 11.9. The topological polar surface area (TPSA) is 64.6 Å². The maximum atomic E-state index is 11.7.